The van der Waals surface area contributed by atoms with Crippen molar-refractivity contribution in [2.75, 3.05) is 44.6 Å². The second-order valence-corrected chi connectivity index (χ2v) is 17.5. The van der Waals surface area contributed by atoms with E-state index in [1.807, 2.05) is 0 Å². The Morgan fingerprint density at radius 1 is 0.547 bits per heavy atom. The molecule has 3 aromatic carbocycles. The molecule has 3 aliphatic rings. The second kappa shape index (κ2) is 26.5. The largest absolute Gasteiger partial charge is 0.478 e. The highest BCUT2D eigenvalue weighted by Crippen LogP contribution is 2.36. The Morgan fingerprint density at radius 3 is 1.15 bits per heavy atom. The van der Waals surface area contributed by atoms with Crippen LogP contribution in [0.15, 0.2) is 73.2 Å². The number of halogens is 3. The minimum absolute atomic E-state index is 0. The second-order valence-electron chi connectivity index (χ2n) is 17.5. The van der Waals surface area contributed by atoms with E-state index < -0.39 is 53.1 Å². The van der Waals surface area contributed by atoms with Crippen LogP contribution in [0, 0.1) is 17.5 Å². The van der Waals surface area contributed by atoms with Crippen molar-refractivity contribution >= 4 is 35.4 Å². The maximum atomic E-state index is 14.2. The molecule has 0 amide bonds. The Bertz CT molecular complexity index is 3060. The maximum Gasteiger partial charge on any atom is 0.340 e. The van der Waals surface area contributed by atoms with Crippen LogP contribution >= 0.6 is 0 Å². The third-order valence-corrected chi connectivity index (χ3v) is 12.8. The van der Waals surface area contributed by atoms with Gasteiger partial charge in [0, 0.05) is 47.7 Å². The van der Waals surface area contributed by atoms with Gasteiger partial charge in [-0.15, -0.1) is 0 Å². The van der Waals surface area contributed by atoms with E-state index in [1.165, 1.54) is 50.6 Å². The summed E-state index contributed by atoms with van der Waals surface area (Å²) in [4.78, 5) is 60.0. The first kappa shape index (κ1) is 55.1. The number of esters is 2. The van der Waals surface area contributed by atoms with Crippen molar-refractivity contribution in [2.24, 2.45) is 0 Å². The summed E-state index contributed by atoms with van der Waals surface area (Å²) < 4.78 is 72.1. The Balaban J connectivity index is 0.000000210. The fourth-order valence-corrected chi connectivity index (χ4v) is 8.66. The smallest absolute Gasteiger partial charge is 0.340 e. The van der Waals surface area contributed by atoms with E-state index in [4.69, 9.17) is 29.8 Å². The number of hydrogen-bond donors (Lipinski definition) is 6. The minimum atomic E-state index is -1.39. The molecule has 2 saturated carbocycles. The van der Waals surface area contributed by atoms with E-state index in [1.54, 1.807) is 30.7 Å². The number of hydrogen-bond acceptors (Lipinski definition) is 17. The Morgan fingerprint density at radius 2 is 0.853 bits per heavy atom. The highest BCUT2D eigenvalue weighted by atomic mass is 19.1. The van der Waals surface area contributed by atoms with Crippen molar-refractivity contribution in [3.8, 4) is 33.8 Å². The summed E-state index contributed by atoms with van der Waals surface area (Å²) in [5.41, 5.74) is 21.4. The topological polar surface area (TPSA) is 295 Å². The number of benzene rings is 3. The average Bonchev–Trinajstić information content (AvgIpc) is 3.40. The summed E-state index contributed by atoms with van der Waals surface area (Å²) in [5, 5.41) is 28.4. The van der Waals surface area contributed by atoms with E-state index in [9.17, 15) is 37.8 Å². The standard InChI is InChI=1S/C18H20FN3O3.2C17H18FN3O3.2CH4/c1-25-18(24)13-7-4-11(8-14(13)19)16-17(20)21-9-15(22-16)10-2-5-12(23)6-3-10;18-13-7-10(3-6-12(13)17(23)24)15-16(19)20-8-14(21-15)9-1-4-11(22)5-2-9;1-23-17(22)12-3-2-11(8-13(12)18)15-16(19)20-9-14(21-15)10-4-6-24-7-5-10;;/h4,7-10,12,23H,2-3,5-6H2,1H3,(H2,20,21);3,6-9,11,22H,1-2,4-5H2,(H2,19,20)(H,23,24);2-3,8-10H,4-7H2,1H3,(H2,19,20);2*1H4/i12D;11D;;;. The number of aromatic nitrogens is 6. The number of aromatic carboxylic acids is 1. The lowest BCUT2D eigenvalue weighted by Gasteiger charge is -2.25. The van der Waals surface area contributed by atoms with Crippen LogP contribution in [0.2, 0.25) is 0 Å². The van der Waals surface area contributed by atoms with Crippen LogP contribution in [0.5, 0.6) is 0 Å². The number of nitrogens with zero attached hydrogens (tertiary/aromatic N) is 6. The predicted octanol–water partition coefficient (Wildman–Crippen LogP) is 9.07. The van der Waals surface area contributed by atoms with Crippen molar-refractivity contribution in [3.63, 3.8) is 0 Å². The number of anilines is 3. The SMILES string of the molecule is C.C.COC(=O)c1ccc(-c2nc(C3CCOCC3)cnc2N)cc1F.[2H]C1(O)CCC(c2cnc(N)c(-c3ccc(C(=O)O)c(F)c3)n2)CC1.[2H]C1(O)CCC(c2cnc(N)c(-c3ccc(C(=O)OC)c(F)c3)n2)CC1. The lowest BCUT2D eigenvalue weighted by molar-refractivity contribution is 0.0586. The van der Waals surface area contributed by atoms with Crippen LogP contribution in [0.4, 0.5) is 30.6 Å². The predicted molar refractivity (Wildman–Crippen MR) is 276 cm³/mol. The van der Waals surface area contributed by atoms with Gasteiger partial charge in [-0.1, -0.05) is 33.1 Å². The van der Waals surface area contributed by atoms with Crippen LogP contribution in [0.25, 0.3) is 33.8 Å². The molecule has 18 nitrogen and oxygen atoms in total. The summed E-state index contributed by atoms with van der Waals surface area (Å²) >= 11 is 0. The van der Waals surface area contributed by atoms with Gasteiger partial charge >= 0.3 is 17.9 Å². The number of ether oxygens (including phenoxy) is 3. The van der Waals surface area contributed by atoms with Crippen LogP contribution in [-0.2, 0) is 14.2 Å². The lowest BCUT2D eigenvalue weighted by atomic mass is 9.85. The van der Waals surface area contributed by atoms with Gasteiger partial charge in [0.15, 0.2) is 0 Å². The fourth-order valence-electron chi connectivity index (χ4n) is 8.66. The number of rotatable bonds is 9. The third-order valence-electron chi connectivity index (χ3n) is 12.8. The number of carboxylic acids is 1. The molecule has 0 bridgehead atoms. The first-order valence-electron chi connectivity index (χ1n) is 24.4. The van der Waals surface area contributed by atoms with Crippen molar-refractivity contribution in [2.45, 2.75) is 109 Å². The lowest BCUT2D eigenvalue weighted by Crippen LogP contribution is -2.18. The summed E-state index contributed by atoms with van der Waals surface area (Å²) in [5.74, 6) is -4.25. The van der Waals surface area contributed by atoms with Gasteiger partial charge in [0.25, 0.3) is 0 Å². The number of carbonyl (C=O) groups excluding carboxylic acids is 2. The van der Waals surface area contributed by atoms with Crippen molar-refractivity contribution in [3.05, 3.63) is 124 Å². The number of carboxylic acid groups (broad SMARTS) is 1. The summed E-state index contributed by atoms with van der Waals surface area (Å²) in [6, 6.07) is 11.9. The van der Waals surface area contributed by atoms with E-state index in [0.717, 1.165) is 24.6 Å². The van der Waals surface area contributed by atoms with E-state index in [2.05, 4.69) is 39.4 Å². The molecule has 3 aromatic heterocycles. The summed E-state index contributed by atoms with van der Waals surface area (Å²) in [6.07, 6.45) is 7.62. The highest BCUT2D eigenvalue weighted by Gasteiger charge is 2.26. The molecule has 9 N–H and O–H groups in total. The quantitative estimate of drug-likeness (QED) is 0.0736. The van der Waals surface area contributed by atoms with Crippen LogP contribution < -0.4 is 17.2 Å². The Labute approximate surface area is 435 Å². The van der Waals surface area contributed by atoms with Gasteiger partial charge in [-0.25, -0.2) is 57.5 Å². The number of methoxy groups -OCH3 is 2. The summed E-state index contributed by atoms with van der Waals surface area (Å²) in [6.45, 7) is 1.38. The Hall–Kier alpha value is -7.62. The molecule has 9 rings (SSSR count). The molecule has 400 valence electrons. The first-order chi connectivity index (χ1) is 35.7. The summed E-state index contributed by atoms with van der Waals surface area (Å²) in [7, 11) is 2.39. The van der Waals surface area contributed by atoms with Gasteiger partial charge in [0.1, 0.15) is 52.0 Å². The van der Waals surface area contributed by atoms with Crippen molar-refractivity contribution < 1.29 is 59.8 Å². The first-order valence-corrected chi connectivity index (χ1v) is 23.4. The molecule has 2 aliphatic carbocycles. The number of nitrogens with two attached hydrogens (primary N) is 3. The molecule has 6 aromatic rings. The van der Waals surface area contributed by atoms with Gasteiger partial charge < -0.3 is 46.7 Å². The minimum Gasteiger partial charge on any atom is -0.478 e. The van der Waals surface area contributed by atoms with Crippen LogP contribution in [-0.4, -0.2) is 103 Å². The van der Waals surface area contributed by atoms with Gasteiger partial charge in [0.2, 0.25) is 0 Å². The third kappa shape index (κ3) is 14.4. The molecule has 1 aliphatic heterocycles. The van der Waals surface area contributed by atoms with Gasteiger partial charge in [-0.3, -0.25) is 0 Å². The molecular weight excluding hydrogens is 976 g/mol. The van der Waals surface area contributed by atoms with E-state index in [-0.39, 0.29) is 61.2 Å². The van der Waals surface area contributed by atoms with Crippen molar-refractivity contribution in [1.29, 1.82) is 0 Å². The van der Waals surface area contributed by atoms with Crippen molar-refractivity contribution in [1.82, 2.24) is 29.9 Å². The molecule has 75 heavy (non-hydrogen) atoms. The van der Waals surface area contributed by atoms with Crippen LogP contribution in [0.3, 0.4) is 0 Å². The van der Waals surface area contributed by atoms with Gasteiger partial charge in [-0.2, -0.15) is 0 Å². The molecular formula is C54H64F3N9O9. The fraction of sp³-hybridized carbons (Fsp3) is 0.389. The molecule has 21 heteroatoms. The van der Waals surface area contributed by atoms with Gasteiger partial charge in [-0.05, 0) is 101 Å². The van der Waals surface area contributed by atoms with Crippen LogP contribution in [0.1, 0.15) is 148 Å². The zero-order valence-corrected chi connectivity index (χ0v) is 40.0. The number of nitrogen functional groups attached to an aromatic ring is 3. The average molecular weight is 1040 g/mol. The Kier molecular flexibility index (Phi) is 19.5. The molecule has 0 unspecified atom stereocenters. The van der Waals surface area contributed by atoms with Gasteiger partial charge in [0.05, 0.1) is 81.5 Å². The van der Waals surface area contributed by atoms with E-state index in [0.29, 0.717) is 110 Å². The zero-order valence-electron chi connectivity index (χ0n) is 42.0. The highest BCUT2D eigenvalue weighted by molar-refractivity contribution is 5.91. The van der Waals surface area contributed by atoms with E-state index >= 15 is 0 Å². The molecule has 0 atom stereocenters. The molecule has 0 spiro atoms. The molecule has 0 radical (unpaired) electrons. The molecule has 1 saturated heterocycles. The number of carbonyl (C=O) groups is 3. The monoisotopic (exact) mass is 1040 g/mol. The normalized spacial score (nSPS) is 20.6. The zero-order chi connectivity index (χ0) is 54.2. The molecule has 4 heterocycles. The maximum absolute atomic E-state index is 14.2. The number of aliphatic hydroxyl groups is 2. The molecule has 3 fully saturated rings.